The number of rotatable bonds is 5. The molecule has 0 bridgehead atoms. The molecule has 0 aromatic heterocycles. The molecule has 6 nitrogen and oxygen atoms in total. The van der Waals surface area contributed by atoms with E-state index in [1.54, 1.807) is 6.92 Å². The zero-order chi connectivity index (χ0) is 14.8. The molecule has 0 aliphatic heterocycles. The molecule has 1 aromatic rings. The monoisotopic (exact) mass is 287 g/mol. The number of aromatic carboxylic acids is 1. The van der Waals surface area contributed by atoms with Crippen molar-refractivity contribution in [3.05, 3.63) is 29.3 Å². The summed E-state index contributed by atoms with van der Waals surface area (Å²) in [7, 11) is -2.46. The van der Waals surface area contributed by atoms with Crippen molar-refractivity contribution in [1.29, 1.82) is 0 Å². The number of aryl methyl sites for hydroxylation is 1. The van der Waals surface area contributed by atoms with Crippen LogP contribution in [0.1, 0.15) is 22.8 Å². The fourth-order valence-corrected chi connectivity index (χ4v) is 2.92. The summed E-state index contributed by atoms with van der Waals surface area (Å²) in [5.74, 6) is -1.17. The van der Waals surface area contributed by atoms with Gasteiger partial charge >= 0.3 is 5.97 Å². The Morgan fingerprint density at radius 1 is 1.42 bits per heavy atom. The summed E-state index contributed by atoms with van der Waals surface area (Å²) >= 11 is 0. The maximum atomic E-state index is 12.2. The van der Waals surface area contributed by atoms with Gasteiger partial charge in [0.25, 0.3) is 0 Å². The summed E-state index contributed by atoms with van der Waals surface area (Å²) in [5.41, 5.74) is 0.441. The molecule has 0 amide bonds. The van der Waals surface area contributed by atoms with Gasteiger partial charge in [0.1, 0.15) is 0 Å². The van der Waals surface area contributed by atoms with Gasteiger partial charge in [-0.3, -0.25) is 0 Å². The van der Waals surface area contributed by atoms with Crippen molar-refractivity contribution in [3.63, 3.8) is 0 Å². The van der Waals surface area contributed by atoms with E-state index >= 15 is 0 Å². The van der Waals surface area contributed by atoms with E-state index in [9.17, 15) is 18.3 Å². The van der Waals surface area contributed by atoms with Crippen LogP contribution in [0.4, 0.5) is 0 Å². The molecule has 2 N–H and O–H groups in total. The van der Waals surface area contributed by atoms with Crippen molar-refractivity contribution in [2.75, 3.05) is 13.6 Å². The van der Waals surface area contributed by atoms with Gasteiger partial charge in [0.05, 0.1) is 16.6 Å². The first-order chi connectivity index (χ1) is 8.66. The Labute approximate surface area is 112 Å². The summed E-state index contributed by atoms with van der Waals surface area (Å²) in [4.78, 5) is 10.9. The van der Waals surface area contributed by atoms with Gasteiger partial charge < -0.3 is 10.2 Å². The van der Waals surface area contributed by atoms with Crippen LogP contribution in [0.25, 0.3) is 0 Å². The van der Waals surface area contributed by atoms with Crippen LogP contribution in [0.15, 0.2) is 23.1 Å². The average Bonchev–Trinajstić information content (AvgIpc) is 2.27. The molecule has 0 aliphatic carbocycles. The van der Waals surface area contributed by atoms with Crippen molar-refractivity contribution >= 4 is 16.0 Å². The maximum Gasteiger partial charge on any atom is 0.335 e. The number of hydrogen-bond donors (Lipinski definition) is 2. The smallest absolute Gasteiger partial charge is 0.335 e. The molecule has 7 heteroatoms. The highest BCUT2D eigenvalue weighted by Gasteiger charge is 2.23. The van der Waals surface area contributed by atoms with Crippen LogP contribution in [0.2, 0.25) is 0 Å². The minimum atomic E-state index is -3.80. The van der Waals surface area contributed by atoms with Gasteiger partial charge in [-0.1, -0.05) is 6.07 Å². The molecule has 0 fully saturated rings. The minimum absolute atomic E-state index is 0.0495. The third-order valence-electron chi connectivity index (χ3n) is 2.67. The highest BCUT2D eigenvalue weighted by Crippen LogP contribution is 2.19. The van der Waals surface area contributed by atoms with E-state index in [4.69, 9.17) is 5.11 Å². The number of carboxylic acids is 1. The first-order valence-electron chi connectivity index (χ1n) is 5.64. The van der Waals surface area contributed by atoms with E-state index in [1.165, 1.54) is 26.1 Å². The maximum absolute atomic E-state index is 12.2. The molecule has 19 heavy (non-hydrogen) atoms. The molecule has 106 valence electrons. The van der Waals surface area contributed by atoms with E-state index < -0.39 is 22.1 Å². The first kappa shape index (κ1) is 15.6. The second-order valence-corrected chi connectivity index (χ2v) is 6.46. The Balaban J connectivity index is 3.22. The van der Waals surface area contributed by atoms with Crippen LogP contribution in [-0.2, 0) is 10.0 Å². The Morgan fingerprint density at radius 3 is 2.47 bits per heavy atom. The summed E-state index contributed by atoms with van der Waals surface area (Å²) in [6.45, 7) is 3.02. The second kappa shape index (κ2) is 5.68. The van der Waals surface area contributed by atoms with Crippen molar-refractivity contribution in [2.45, 2.75) is 24.8 Å². The lowest BCUT2D eigenvalue weighted by Gasteiger charge is -2.19. The second-order valence-electron chi connectivity index (χ2n) is 4.42. The molecule has 1 aromatic carbocycles. The van der Waals surface area contributed by atoms with Crippen molar-refractivity contribution < 1.29 is 23.4 Å². The summed E-state index contributed by atoms with van der Waals surface area (Å²) in [5, 5.41) is 18.2. The predicted octanol–water partition coefficient (Wildman–Crippen LogP) is 0.695. The zero-order valence-corrected chi connectivity index (χ0v) is 11.8. The quantitative estimate of drug-likeness (QED) is 0.831. The van der Waals surface area contributed by atoms with Crippen LogP contribution < -0.4 is 0 Å². The van der Waals surface area contributed by atoms with Crippen LogP contribution in [0.5, 0.6) is 0 Å². The van der Waals surface area contributed by atoms with E-state index in [0.717, 1.165) is 10.4 Å². The molecule has 0 saturated heterocycles. The number of aliphatic hydroxyl groups excluding tert-OH is 1. The number of aliphatic hydroxyl groups is 1. The molecular formula is C12H17NO5S. The molecule has 1 atom stereocenters. The van der Waals surface area contributed by atoms with Gasteiger partial charge in [0.2, 0.25) is 10.0 Å². The minimum Gasteiger partial charge on any atom is -0.478 e. The molecule has 0 saturated carbocycles. The molecule has 1 rings (SSSR count). The summed E-state index contributed by atoms with van der Waals surface area (Å²) < 4.78 is 25.3. The average molecular weight is 287 g/mol. The highest BCUT2D eigenvalue weighted by atomic mass is 32.2. The standard InChI is InChI=1S/C12H17NO5S/c1-8-4-5-10(6-11(8)12(15)16)19(17,18)13(3)7-9(2)14/h4-6,9,14H,7H2,1-3H3,(H,15,16). The van der Waals surface area contributed by atoms with Crippen molar-refractivity contribution in [3.8, 4) is 0 Å². The fourth-order valence-electron chi connectivity index (χ4n) is 1.64. The molecular weight excluding hydrogens is 270 g/mol. The SMILES string of the molecule is Cc1ccc(S(=O)(=O)N(C)CC(C)O)cc1C(=O)O. The Hall–Kier alpha value is -1.44. The number of hydrogen-bond acceptors (Lipinski definition) is 4. The Morgan fingerprint density at radius 2 is 2.00 bits per heavy atom. The van der Waals surface area contributed by atoms with Gasteiger partial charge in [-0.05, 0) is 31.5 Å². The van der Waals surface area contributed by atoms with Gasteiger partial charge in [-0.15, -0.1) is 0 Å². The molecule has 1 unspecified atom stereocenters. The summed E-state index contributed by atoms with van der Waals surface area (Å²) in [6, 6.07) is 3.94. The third kappa shape index (κ3) is 3.52. The molecule has 0 aliphatic rings. The third-order valence-corrected chi connectivity index (χ3v) is 4.49. The number of carbonyl (C=O) groups is 1. The Bertz CT molecular complexity index is 580. The number of carboxylic acid groups (broad SMARTS) is 1. The summed E-state index contributed by atoms with van der Waals surface area (Å²) in [6.07, 6.45) is -0.802. The number of nitrogens with zero attached hydrogens (tertiary/aromatic N) is 1. The van der Waals surface area contributed by atoms with Crippen LogP contribution in [0.3, 0.4) is 0 Å². The van der Waals surface area contributed by atoms with Crippen LogP contribution in [0, 0.1) is 6.92 Å². The lowest BCUT2D eigenvalue weighted by molar-refractivity contribution is 0.0696. The number of benzene rings is 1. The van der Waals surface area contributed by atoms with Gasteiger partial charge in [-0.25, -0.2) is 13.2 Å². The van der Waals surface area contributed by atoms with Crippen molar-refractivity contribution in [2.24, 2.45) is 0 Å². The van der Waals surface area contributed by atoms with E-state index in [-0.39, 0.29) is 17.0 Å². The lowest BCUT2D eigenvalue weighted by Crippen LogP contribution is -2.33. The Kier molecular flexibility index (Phi) is 4.67. The van der Waals surface area contributed by atoms with Gasteiger partial charge in [-0.2, -0.15) is 4.31 Å². The molecule has 0 spiro atoms. The fraction of sp³-hybridized carbons (Fsp3) is 0.417. The van der Waals surface area contributed by atoms with Crippen LogP contribution >= 0.6 is 0 Å². The zero-order valence-electron chi connectivity index (χ0n) is 11.0. The normalized spacial score (nSPS) is 13.5. The van der Waals surface area contributed by atoms with E-state index in [1.807, 2.05) is 0 Å². The predicted molar refractivity (Wildman–Crippen MR) is 69.6 cm³/mol. The highest BCUT2D eigenvalue weighted by molar-refractivity contribution is 7.89. The van der Waals surface area contributed by atoms with Gasteiger partial charge in [0.15, 0.2) is 0 Å². The topological polar surface area (TPSA) is 94.9 Å². The number of sulfonamides is 1. The van der Waals surface area contributed by atoms with Crippen LogP contribution in [-0.4, -0.2) is 48.6 Å². The van der Waals surface area contributed by atoms with E-state index in [0.29, 0.717) is 5.56 Å². The largest absolute Gasteiger partial charge is 0.478 e. The van der Waals surface area contributed by atoms with Crippen molar-refractivity contribution in [1.82, 2.24) is 4.31 Å². The van der Waals surface area contributed by atoms with E-state index in [2.05, 4.69) is 0 Å². The molecule has 0 radical (unpaired) electrons. The lowest BCUT2D eigenvalue weighted by atomic mass is 10.1. The first-order valence-corrected chi connectivity index (χ1v) is 7.08. The molecule has 0 heterocycles. The number of likely N-dealkylation sites (N-methyl/N-ethyl adjacent to an activating group) is 1. The van der Waals surface area contributed by atoms with Gasteiger partial charge in [0, 0.05) is 13.6 Å².